The normalized spacial score (nSPS) is 17.2. The van der Waals surface area contributed by atoms with Crippen LogP contribution in [0.3, 0.4) is 0 Å². The summed E-state index contributed by atoms with van der Waals surface area (Å²) in [5.74, 6) is 0.623. The average Bonchev–Trinajstić information content (AvgIpc) is 2.51. The largest absolute Gasteiger partial charge is 0.486 e. The quantitative estimate of drug-likeness (QED) is 0.863. The molecule has 128 valence electrons. The lowest BCUT2D eigenvalue weighted by Crippen LogP contribution is -2.46. The molecule has 1 aliphatic heterocycles. The average molecular weight is 332 g/mol. The molecule has 1 amide bonds. The van der Waals surface area contributed by atoms with Crippen molar-refractivity contribution < 1.29 is 27.4 Å². The van der Waals surface area contributed by atoms with Crippen LogP contribution in [0.4, 0.5) is 13.2 Å². The van der Waals surface area contributed by atoms with Crippen LogP contribution in [0.5, 0.6) is 11.5 Å². The fourth-order valence-electron chi connectivity index (χ4n) is 2.20. The maximum absolute atomic E-state index is 12.1. The zero-order valence-electron chi connectivity index (χ0n) is 12.7. The maximum atomic E-state index is 12.1. The van der Waals surface area contributed by atoms with E-state index in [1.165, 1.54) is 0 Å². The smallest absolute Gasteiger partial charge is 0.405 e. The van der Waals surface area contributed by atoms with E-state index in [1.807, 2.05) is 24.4 Å². The van der Waals surface area contributed by atoms with Gasteiger partial charge in [-0.3, -0.25) is 9.69 Å². The third-order valence-corrected chi connectivity index (χ3v) is 3.33. The van der Waals surface area contributed by atoms with Gasteiger partial charge in [-0.15, -0.1) is 0 Å². The zero-order chi connectivity index (χ0) is 16.9. The van der Waals surface area contributed by atoms with Gasteiger partial charge in [0.15, 0.2) is 11.5 Å². The fourth-order valence-corrected chi connectivity index (χ4v) is 2.20. The number of benzene rings is 1. The van der Waals surface area contributed by atoms with Crippen LogP contribution in [0.15, 0.2) is 24.3 Å². The van der Waals surface area contributed by atoms with E-state index in [0.717, 1.165) is 0 Å². The molecular formula is C15H19F3N2O3. The molecule has 0 saturated carbocycles. The summed E-state index contributed by atoms with van der Waals surface area (Å²) in [6.07, 6.45) is -4.68. The monoisotopic (exact) mass is 332 g/mol. The van der Waals surface area contributed by atoms with E-state index in [0.29, 0.717) is 31.2 Å². The molecule has 1 unspecified atom stereocenters. The Labute approximate surface area is 132 Å². The van der Waals surface area contributed by atoms with Crippen LogP contribution < -0.4 is 14.8 Å². The number of halogens is 3. The lowest BCUT2D eigenvalue weighted by Gasteiger charge is -2.30. The minimum absolute atomic E-state index is 0.117. The number of likely N-dealkylation sites (N-methyl/N-ethyl adjacent to an activating group) is 1. The number of amides is 1. The summed E-state index contributed by atoms with van der Waals surface area (Å²) in [6.45, 7) is 1.63. The van der Waals surface area contributed by atoms with E-state index in [-0.39, 0.29) is 12.6 Å². The lowest BCUT2D eigenvalue weighted by atomic mass is 10.2. The number of nitrogens with zero attached hydrogens (tertiary/aromatic N) is 1. The van der Waals surface area contributed by atoms with Gasteiger partial charge in [0, 0.05) is 6.54 Å². The number of hydrogen-bond donors (Lipinski definition) is 1. The van der Waals surface area contributed by atoms with Crippen molar-refractivity contribution in [2.24, 2.45) is 0 Å². The second-order valence-electron chi connectivity index (χ2n) is 5.22. The highest BCUT2D eigenvalue weighted by Gasteiger charge is 2.28. The van der Waals surface area contributed by atoms with Gasteiger partial charge in [0.25, 0.3) is 0 Å². The number of carbonyl (C=O) groups excluding carboxylic acids is 1. The van der Waals surface area contributed by atoms with Gasteiger partial charge in [-0.25, -0.2) is 0 Å². The van der Waals surface area contributed by atoms with E-state index in [2.05, 4.69) is 0 Å². The van der Waals surface area contributed by atoms with Gasteiger partial charge in [-0.2, -0.15) is 13.2 Å². The first-order valence-electron chi connectivity index (χ1n) is 7.31. The van der Waals surface area contributed by atoms with Gasteiger partial charge in [0.2, 0.25) is 5.91 Å². The lowest BCUT2D eigenvalue weighted by molar-refractivity contribution is -0.139. The van der Waals surface area contributed by atoms with Crippen LogP contribution in [0, 0.1) is 0 Å². The van der Waals surface area contributed by atoms with Crippen LogP contribution in [0.1, 0.15) is 6.92 Å². The Morgan fingerprint density at radius 2 is 2.04 bits per heavy atom. The summed E-state index contributed by atoms with van der Waals surface area (Å²) in [6, 6.07) is 7.25. The molecule has 2 rings (SSSR count). The summed E-state index contributed by atoms with van der Waals surface area (Å²) < 4.78 is 47.6. The minimum Gasteiger partial charge on any atom is -0.486 e. The Morgan fingerprint density at radius 1 is 1.35 bits per heavy atom. The first-order chi connectivity index (χ1) is 10.9. The van der Waals surface area contributed by atoms with Crippen molar-refractivity contribution in [3.8, 4) is 11.5 Å². The molecule has 1 atom stereocenters. The molecule has 0 saturated heterocycles. The summed E-state index contributed by atoms with van der Waals surface area (Å²) in [4.78, 5) is 13.3. The predicted octanol–water partition coefficient (Wildman–Crippen LogP) is 1.83. The van der Waals surface area contributed by atoms with Crippen LogP contribution in [0.25, 0.3) is 0 Å². The molecule has 0 aromatic heterocycles. The van der Waals surface area contributed by atoms with Crippen molar-refractivity contribution in [1.82, 2.24) is 10.2 Å². The van der Waals surface area contributed by atoms with Crippen molar-refractivity contribution in [2.75, 3.05) is 32.8 Å². The predicted molar refractivity (Wildman–Crippen MR) is 77.5 cm³/mol. The molecule has 0 aliphatic carbocycles. The molecule has 1 N–H and O–H groups in total. The topological polar surface area (TPSA) is 50.8 Å². The van der Waals surface area contributed by atoms with Gasteiger partial charge in [-0.05, 0) is 18.7 Å². The molecule has 0 fully saturated rings. The number of alkyl halides is 3. The van der Waals surface area contributed by atoms with E-state index in [9.17, 15) is 18.0 Å². The van der Waals surface area contributed by atoms with E-state index >= 15 is 0 Å². The van der Waals surface area contributed by atoms with Crippen LogP contribution >= 0.6 is 0 Å². The van der Waals surface area contributed by atoms with Crippen molar-refractivity contribution in [3.05, 3.63) is 24.3 Å². The second-order valence-corrected chi connectivity index (χ2v) is 5.22. The van der Waals surface area contributed by atoms with Crippen molar-refractivity contribution in [1.29, 1.82) is 0 Å². The van der Waals surface area contributed by atoms with Crippen molar-refractivity contribution >= 4 is 5.91 Å². The van der Waals surface area contributed by atoms with Gasteiger partial charge >= 0.3 is 6.18 Å². The summed E-state index contributed by atoms with van der Waals surface area (Å²) in [5.41, 5.74) is 0. The van der Waals surface area contributed by atoms with E-state index < -0.39 is 18.6 Å². The second kappa shape index (κ2) is 7.54. The molecule has 23 heavy (non-hydrogen) atoms. The maximum Gasteiger partial charge on any atom is 0.405 e. The van der Waals surface area contributed by atoms with Crippen LogP contribution in [-0.2, 0) is 4.79 Å². The third-order valence-electron chi connectivity index (χ3n) is 3.33. The Balaban J connectivity index is 1.82. The molecular weight excluding hydrogens is 313 g/mol. The van der Waals surface area contributed by atoms with E-state index in [4.69, 9.17) is 9.47 Å². The number of fused-ring (bicyclic) bond motifs is 1. The number of para-hydroxylation sites is 2. The Hall–Kier alpha value is -1.96. The SMILES string of the molecule is CCN(CC(=O)NCC(F)(F)F)CC1COc2ccccc2O1. The molecule has 0 spiro atoms. The minimum atomic E-state index is -4.41. The third kappa shape index (κ3) is 5.63. The highest BCUT2D eigenvalue weighted by Crippen LogP contribution is 2.30. The molecule has 0 bridgehead atoms. The standard InChI is InChI=1S/C15H19F3N2O3/c1-2-20(8-14(21)19-10-15(16,17)18)7-11-9-22-12-5-3-4-6-13(12)23-11/h3-6,11H,2,7-10H2,1H3,(H,19,21). The van der Waals surface area contributed by atoms with Crippen molar-refractivity contribution in [2.45, 2.75) is 19.2 Å². The zero-order valence-corrected chi connectivity index (χ0v) is 12.7. The number of rotatable bonds is 6. The first-order valence-corrected chi connectivity index (χ1v) is 7.31. The number of ether oxygens (including phenoxy) is 2. The Kier molecular flexibility index (Phi) is 5.70. The molecule has 1 heterocycles. The summed E-state index contributed by atoms with van der Waals surface area (Å²) >= 11 is 0. The number of hydrogen-bond acceptors (Lipinski definition) is 4. The fraction of sp³-hybridized carbons (Fsp3) is 0.533. The first kappa shape index (κ1) is 17.4. The Bertz CT molecular complexity index is 537. The molecule has 1 aromatic rings. The molecule has 5 nitrogen and oxygen atoms in total. The van der Waals surface area contributed by atoms with Crippen LogP contribution in [-0.4, -0.2) is 55.9 Å². The number of carbonyl (C=O) groups is 1. The highest BCUT2D eigenvalue weighted by molar-refractivity contribution is 5.78. The molecule has 1 aromatic carbocycles. The van der Waals surface area contributed by atoms with Crippen molar-refractivity contribution in [3.63, 3.8) is 0 Å². The summed E-state index contributed by atoms with van der Waals surface area (Å²) in [5, 5.41) is 1.86. The molecule has 8 heteroatoms. The van der Waals surface area contributed by atoms with Gasteiger partial charge in [0.1, 0.15) is 19.3 Å². The van der Waals surface area contributed by atoms with Gasteiger partial charge in [0.05, 0.1) is 6.54 Å². The van der Waals surface area contributed by atoms with Gasteiger partial charge in [-0.1, -0.05) is 19.1 Å². The molecule has 0 radical (unpaired) electrons. The summed E-state index contributed by atoms with van der Waals surface area (Å²) in [7, 11) is 0. The number of nitrogens with one attached hydrogen (secondary N) is 1. The van der Waals surface area contributed by atoms with Gasteiger partial charge < -0.3 is 14.8 Å². The highest BCUT2D eigenvalue weighted by atomic mass is 19.4. The van der Waals surface area contributed by atoms with E-state index in [1.54, 1.807) is 17.0 Å². The Morgan fingerprint density at radius 3 is 2.70 bits per heavy atom. The molecule has 1 aliphatic rings. The van der Waals surface area contributed by atoms with Crippen LogP contribution in [0.2, 0.25) is 0 Å².